The van der Waals surface area contributed by atoms with E-state index in [1.54, 1.807) is 0 Å². The highest BCUT2D eigenvalue weighted by Crippen LogP contribution is 2.23. The molecule has 0 amide bonds. The van der Waals surface area contributed by atoms with E-state index in [0.717, 1.165) is 22.5 Å². The number of benzene rings is 2. The van der Waals surface area contributed by atoms with Crippen molar-refractivity contribution in [1.82, 2.24) is 9.97 Å². The van der Waals surface area contributed by atoms with Gasteiger partial charge >= 0.3 is 5.69 Å². The van der Waals surface area contributed by atoms with Gasteiger partial charge in [0.1, 0.15) is 0 Å². The third-order valence-electron chi connectivity index (χ3n) is 3.51. The van der Waals surface area contributed by atoms with Crippen molar-refractivity contribution in [2.75, 3.05) is 19.0 Å². The lowest BCUT2D eigenvalue weighted by Crippen LogP contribution is -2.12. The molecule has 0 unspecified atom stereocenters. The summed E-state index contributed by atoms with van der Waals surface area (Å²) in [5.74, 6) is 0. The van der Waals surface area contributed by atoms with Crippen molar-refractivity contribution in [3.8, 4) is 22.5 Å². The van der Waals surface area contributed by atoms with Gasteiger partial charge in [0.05, 0.1) is 11.4 Å². The summed E-state index contributed by atoms with van der Waals surface area (Å²) in [6, 6.07) is 19.6. The largest absolute Gasteiger partial charge is 0.378 e. The lowest BCUT2D eigenvalue weighted by atomic mass is 10.1. The number of aromatic amines is 1. The van der Waals surface area contributed by atoms with Gasteiger partial charge in [-0.1, -0.05) is 42.5 Å². The van der Waals surface area contributed by atoms with Crippen LogP contribution in [0.2, 0.25) is 0 Å². The summed E-state index contributed by atoms with van der Waals surface area (Å²) in [6.45, 7) is 0. The molecular weight excluding hydrogens is 274 g/mol. The van der Waals surface area contributed by atoms with Crippen molar-refractivity contribution in [2.45, 2.75) is 0 Å². The maximum Gasteiger partial charge on any atom is 0.345 e. The zero-order valence-electron chi connectivity index (χ0n) is 12.6. The fourth-order valence-corrected chi connectivity index (χ4v) is 2.31. The summed E-state index contributed by atoms with van der Waals surface area (Å²) >= 11 is 0. The molecule has 0 aliphatic carbocycles. The number of hydrogen-bond acceptors (Lipinski definition) is 3. The second-order valence-electron chi connectivity index (χ2n) is 5.29. The Kier molecular flexibility index (Phi) is 3.74. The third kappa shape index (κ3) is 2.91. The Morgan fingerprint density at radius 3 is 2.23 bits per heavy atom. The summed E-state index contributed by atoms with van der Waals surface area (Å²) in [4.78, 5) is 20.8. The van der Waals surface area contributed by atoms with Crippen LogP contribution in [0.3, 0.4) is 0 Å². The molecular formula is C18H17N3O. The zero-order chi connectivity index (χ0) is 15.5. The van der Waals surface area contributed by atoms with E-state index in [1.807, 2.05) is 79.7 Å². The van der Waals surface area contributed by atoms with Crippen LogP contribution in [0.15, 0.2) is 65.5 Å². The number of hydrogen-bond donors (Lipinski definition) is 1. The molecule has 0 radical (unpaired) electrons. The molecule has 0 aliphatic rings. The monoisotopic (exact) mass is 291 g/mol. The fraction of sp³-hybridized carbons (Fsp3) is 0.111. The van der Waals surface area contributed by atoms with Crippen LogP contribution in [0, 0.1) is 0 Å². The highest BCUT2D eigenvalue weighted by Gasteiger charge is 2.06. The van der Waals surface area contributed by atoms with Crippen molar-refractivity contribution in [1.29, 1.82) is 0 Å². The van der Waals surface area contributed by atoms with Gasteiger partial charge in [0, 0.05) is 25.3 Å². The zero-order valence-corrected chi connectivity index (χ0v) is 12.6. The Morgan fingerprint density at radius 1 is 0.909 bits per heavy atom. The molecule has 0 atom stereocenters. The van der Waals surface area contributed by atoms with Crippen molar-refractivity contribution < 1.29 is 0 Å². The summed E-state index contributed by atoms with van der Waals surface area (Å²) in [6.07, 6.45) is 0. The fourth-order valence-electron chi connectivity index (χ4n) is 2.31. The second-order valence-corrected chi connectivity index (χ2v) is 5.29. The Balaban J connectivity index is 2.04. The molecule has 0 spiro atoms. The molecule has 3 aromatic rings. The van der Waals surface area contributed by atoms with Crippen LogP contribution < -0.4 is 10.6 Å². The molecule has 3 rings (SSSR count). The SMILES string of the molecule is CN(C)c1ccc(-c2cc(-c3ccccc3)nc(=O)[nH]2)cc1. The van der Waals surface area contributed by atoms with Gasteiger partial charge in [-0.2, -0.15) is 4.98 Å². The van der Waals surface area contributed by atoms with Gasteiger partial charge in [0.15, 0.2) is 0 Å². The highest BCUT2D eigenvalue weighted by molar-refractivity contribution is 5.68. The average molecular weight is 291 g/mol. The van der Waals surface area contributed by atoms with Gasteiger partial charge in [-0.25, -0.2) is 4.79 Å². The Hall–Kier alpha value is -2.88. The molecule has 4 heteroatoms. The summed E-state index contributed by atoms with van der Waals surface area (Å²) in [5, 5.41) is 0. The first-order valence-electron chi connectivity index (χ1n) is 7.08. The first-order chi connectivity index (χ1) is 10.6. The van der Waals surface area contributed by atoms with Crippen molar-refractivity contribution >= 4 is 5.69 Å². The maximum atomic E-state index is 11.9. The van der Waals surface area contributed by atoms with Crippen LogP contribution in [0.5, 0.6) is 0 Å². The van der Waals surface area contributed by atoms with E-state index in [0.29, 0.717) is 5.69 Å². The molecule has 4 nitrogen and oxygen atoms in total. The van der Waals surface area contributed by atoms with Crippen molar-refractivity contribution in [2.24, 2.45) is 0 Å². The number of H-pyrrole nitrogens is 1. The summed E-state index contributed by atoms with van der Waals surface area (Å²) < 4.78 is 0. The van der Waals surface area contributed by atoms with Gasteiger partial charge in [-0.3, -0.25) is 0 Å². The molecule has 1 heterocycles. The van der Waals surface area contributed by atoms with E-state index in [4.69, 9.17) is 0 Å². The maximum absolute atomic E-state index is 11.9. The average Bonchev–Trinajstić information content (AvgIpc) is 2.55. The van der Waals surface area contributed by atoms with Crippen molar-refractivity contribution in [3.05, 3.63) is 71.1 Å². The molecule has 0 fully saturated rings. The Morgan fingerprint density at radius 2 is 1.59 bits per heavy atom. The second kappa shape index (κ2) is 5.85. The predicted octanol–water partition coefficient (Wildman–Crippen LogP) is 3.17. The first-order valence-corrected chi connectivity index (χ1v) is 7.08. The Labute approximate surface area is 129 Å². The molecule has 0 saturated carbocycles. The van der Waals surface area contributed by atoms with Crippen LogP contribution >= 0.6 is 0 Å². The lowest BCUT2D eigenvalue weighted by Gasteiger charge is -2.12. The van der Waals surface area contributed by atoms with E-state index in [1.165, 1.54) is 0 Å². The van der Waals surface area contributed by atoms with Crippen LogP contribution in [0.25, 0.3) is 22.5 Å². The first kappa shape index (κ1) is 14.1. The number of nitrogens with zero attached hydrogens (tertiary/aromatic N) is 2. The van der Waals surface area contributed by atoms with Crippen LogP contribution in [-0.2, 0) is 0 Å². The van der Waals surface area contributed by atoms with Crippen LogP contribution in [0.4, 0.5) is 5.69 Å². The molecule has 1 aromatic heterocycles. The topological polar surface area (TPSA) is 49.0 Å². The summed E-state index contributed by atoms with van der Waals surface area (Å²) in [7, 11) is 3.99. The predicted molar refractivity (Wildman–Crippen MR) is 90.1 cm³/mol. The standard InChI is InChI=1S/C18H17N3O/c1-21(2)15-10-8-14(9-11-15)17-12-16(19-18(22)20-17)13-6-4-3-5-7-13/h3-12H,1-2H3,(H,19,20,22). The summed E-state index contributed by atoms with van der Waals surface area (Å²) in [5.41, 5.74) is 4.11. The molecule has 2 aromatic carbocycles. The quantitative estimate of drug-likeness (QED) is 0.806. The van der Waals surface area contributed by atoms with Crippen LogP contribution in [-0.4, -0.2) is 24.1 Å². The highest BCUT2D eigenvalue weighted by atomic mass is 16.1. The number of anilines is 1. The number of nitrogens with one attached hydrogen (secondary N) is 1. The van der Waals surface area contributed by atoms with E-state index < -0.39 is 0 Å². The molecule has 22 heavy (non-hydrogen) atoms. The lowest BCUT2D eigenvalue weighted by molar-refractivity contribution is 1.08. The van der Waals surface area contributed by atoms with Crippen LogP contribution in [0.1, 0.15) is 0 Å². The van der Waals surface area contributed by atoms with Gasteiger partial charge in [0.25, 0.3) is 0 Å². The molecule has 0 aliphatic heterocycles. The van der Waals surface area contributed by atoms with Gasteiger partial charge in [0.2, 0.25) is 0 Å². The number of aromatic nitrogens is 2. The minimum Gasteiger partial charge on any atom is -0.378 e. The van der Waals surface area contributed by atoms with E-state index in [2.05, 4.69) is 9.97 Å². The molecule has 1 N–H and O–H groups in total. The third-order valence-corrected chi connectivity index (χ3v) is 3.51. The van der Waals surface area contributed by atoms with Gasteiger partial charge < -0.3 is 9.88 Å². The Bertz CT molecular complexity index is 821. The minimum absolute atomic E-state index is 0.340. The smallest absolute Gasteiger partial charge is 0.345 e. The van der Waals surface area contributed by atoms with Gasteiger partial charge in [-0.05, 0) is 23.8 Å². The molecule has 0 saturated heterocycles. The molecule has 0 bridgehead atoms. The number of rotatable bonds is 3. The van der Waals surface area contributed by atoms with Gasteiger partial charge in [-0.15, -0.1) is 0 Å². The molecule has 110 valence electrons. The normalized spacial score (nSPS) is 10.5. The van der Waals surface area contributed by atoms with E-state index in [9.17, 15) is 4.79 Å². The van der Waals surface area contributed by atoms with E-state index in [-0.39, 0.29) is 5.69 Å². The van der Waals surface area contributed by atoms with Crippen molar-refractivity contribution in [3.63, 3.8) is 0 Å². The van der Waals surface area contributed by atoms with E-state index >= 15 is 0 Å². The minimum atomic E-state index is -0.340.